The van der Waals surface area contributed by atoms with Crippen LogP contribution in [0.25, 0.3) is 10.9 Å². The molecule has 2 aliphatic heterocycles. The van der Waals surface area contributed by atoms with Crippen LogP contribution < -0.4 is 0 Å². The summed E-state index contributed by atoms with van der Waals surface area (Å²) in [5, 5.41) is 10.5. The lowest BCUT2D eigenvalue weighted by Crippen LogP contribution is -2.39. The van der Waals surface area contributed by atoms with E-state index < -0.39 is 11.6 Å². The third-order valence-corrected chi connectivity index (χ3v) is 5.35. The maximum absolute atomic E-state index is 14.2. The second kappa shape index (κ2) is 5.06. The van der Waals surface area contributed by atoms with Gasteiger partial charge in [-0.1, -0.05) is 6.92 Å². The number of carboxylic acid groups (broad SMARTS) is 1. The molecule has 5 heteroatoms. The molecule has 1 atom stereocenters. The fraction of sp³-hybridized carbons (Fsp3) is 0.500. The molecule has 122 valence electrons. The van der Waals surface area contributed by atoms with Crippen LogP contribution in [0.2, 0.25) is 0 Å². The van der Waals surface area contributed by atoms with Crippen molar-refractivity contribution < 1.29 is 19.0 Å². The maximum atomic E-state index is 14.2. The van der Waals surface area contributed by atoms with Gasteiger partial charge in [-0.05, 0) is 43.4 Å². The summed E-state index contributed by atoms with van der Waals surface area (Å²) in [6.45, 7) is 3.28. The van der Waals surface area contributed by atoms with Crippen LogP contribution in [0.3, 0.4) is 0 Å². The molecule has 1 aromatic carbocycles. The number of fused-ring (bicyclic) bond motifs is 3. The molecule has 0 saturated carbocycles. The first-order valence-electron chi connectivity index (χ1n) is 8.26. The van der Waals surface area contributed by atoms with Crippen LogP contribution in [0.1, 0.15) is 43.0 Å². The van der Waals surface area contributed by atoms with E-state index in [1.165, 1.54) is 0 Å². The highest BCUT2D eigenvalue weighted by Gasteiger charge is 2.43. The molecule has 1 N–H and O–H groups in total. The first-order valence-corrected chi connectivity index (χ1v) is 8.26. The Hall–Kier alpha value is -1.88. The third kappa shape index (κ3) is 1.96. The Labute approximate surface area is 133 Å². The van der Waals surface area contributed by atoms with Crippen molar-refractivity contribution in [3.05, 3.63) is 34.8 Å². The molecule has 0 aliphatic carbocycles. The first-order chi connectivity index (χ1) is 11.1. The molecule has 2 aromatic rings. The van der Waals surface area contributed by atoms with E-state index >= 15 is 0 Å². The van der Waals surface area contributed by atoms with Gasteiger partial charge in [0.15, 0.2) is 0 Å². The monoisotopic (exact) mass is 317 g/mol. The van der Waals surface area contributed by atoms with Gasteiger partial charge in [0.25, 0.3) is 0 Å². The van der Waals surface area contributed by atoms with Crippen LogP contribution in [0, 0.1) is 5.82 Å². The molecule has 2 aliphatic rings. The van der Waals surface area contributed by atoms with Crippen LogP contribution in [0.4, 0.5) is 4.39 Å². The molecule has 1 unspecified atom stereocenters. The average Bonchev–Trinajstić information content (AvgIpc) is 2.87. The van der Waals surface area contributed by atoms with Crippen molar-refractivity contribution >= 4 is 16.9 Å². The Morgan fingerprint density at radius 1 is 1.39 bits per heavy atom. The summed E-state index contributed by atoms with van der Waals surface area (Å²) >= 11 is 0. The summed E-state index contributed by atoms with van der Waals surface area (Å²) in [5.74, 6) is -1.02. The maximum Gasteiger partial charge on any atom is 0.306 e. The molecule has 0 amide bonds. The highest BCUT2D eigenvalue weighted by molar-refractivity contribution is 5.90. The normalized spacial score (nSPS) is 23.0. The highest BCUT2D eigenvalue weighted by atomic mass is 19.1. The molecular formula is C18H20FNO3. The van der Waals surface area contributed by atoms with Crippen LogP contribution >= 0.6 is 0 Å². The van der Waals surface area contributed by atoms with Crippen LogP contribution in [-0.4, -0.2) is 22.2 Å². The van der Waals surface area contributed by atoms with Crippen molar-refractivity contribution in [2.75, 3.05) is 6.61 Å². The fourth-order valence-electron chi connectivity index (χ4n) is 4.41. The van der Waals surface area contributed by atoms with Crippen molar-refractivity contribution in [3.8, 4) is 0 Å². The van der Waals surface area contributed by atoms with E-state index in [9.17, 15) is 14.3 Å². The number of hydrogen-bond acceptors (Lipinski definition) is 2. The molecule has 0 spiro atoms. The number of nitrogens with zero attached hydrogens (tertiary/aromatic N) is 1. The number of rotatable bonds is 3. The van der Waals surface area contributed by atoms with Crippen LogP contribution in [0.5, 0.6) is 0 Å². The van der Waals surface area contributed by atoms with E-state index in [-0.39, 0.29) is 12.2 Å². The topological polar surface area (TPSA) is 51.5 Å². The summed E-state index contributed by atoms with van der Waals surface area (Å²) in [4.78, 5) is 11.4. The lowest BCUT2D eigenvalue weighted by atomic mass is 9.86. The van der Waals surface area contributed by atoms with Gasteiger partial charge in [-0.15, -0.1) is 0 Å². The van der Waals surface area contributed by atoms with Crippen molar-refractivity contribution in [1.29, 1.82) is 0 Å². The van der Waals surface area contributed by atoms with Crippen molar-refractivity contribution in [2.24, 2.45) is 0 Å². The van der Waals surface area contributed by atoms with E-state index in [0.717, 1.165) is 53.5 Å². The zero-order chi connectivity index (χ0) is 16.2. The molecule has 1 aromatic heterocycles. The largest absolute Gasteiger partial charge is 0.481 e. The highest BCUT2D eigenvalue weighted by Crippen LogP contribution is 2.45. The molecule has 0 fully saturated rings. The number of aryl methyl sites for hydroxylation is 2. The fourth-order valence-corrected chi connectivity index (χ4v) is 4.41. The van der Waals surface area contributed by atoms with Crippen molar-refractivity contribution in [1.82, 2.24) is 4.57 Å². The molecule has 4 rings (SSSR count). The van der Waals surface area contributed by atoms with E-state index in [1.54, 1.807) is 6.07 Å². The smallest absolute Gasteiger partial charge is 0.306 e. The van der Waals surface area contributed by atoms with Gasteiger partial charge >= 0.3 is 5.97 Å². The minimum absolute atomic E-state index is 0.0510. The number of carboxylic acids is 1. The Kier molecular flexibility index (Phi) is 3.23. The number of carbonyl (C=O) groups is 1. The summed E-state index contributed by atoms with van der Waals surface area (Å²) in [5.41, 5.74) is 3.04. The third-order valence-electron chi connectivity index (χ3n) is 5.35. The number of aromatic nitrogens is 1. The number of hydrogen-bond donors (Lipinski definition) is 1. The average molecular weight is 317 g/mol. The minimum atomic E-state index is -0.861. The Morgan fingerprint density at radius 2 is 2.22 bits per heavy atom. The quantitative estimate of drug-likeness (QED) is 0.944. The van der Waals surface area contributed by atoms with Gasteiger partial charge in [0.1, 0.15) is 11.4 Å². The van der Waals surface area contributed by atoms with E-state index in [1.807, 2.05) is 13.0 Å². The van der Waals surface area contributed by atoms with Crippen molar-refractivity contribution in [2.45, 2.75) is 51.2 Å². The van der Waals surface area contributed by atoms with E-state index in [2.05, 4.69) is 4.57 Å². The van der Waals surface area contributed by atoms with Gasteiger partial charge in [0.05, 0.1) is 24.2 Å². The first kappa shape index (κ1) is 14.7. The van der Waals surface area contributed by atoms with Gasteiger partial charge < -0.3 is 14.4 Å². The minimum Gasteiger partial charge on any atom is -0.481 e. The van der Waals surface area contributed by atoms with Crippen LogP contribution in [0.15, 0.2) is 12.1 Å². The summed E-state index contributed by atoms with van der Waals surface area (Å²) in [6, 6.07) is 3.40. The second-order valence-corrected chi connectivity index (χ2v) is 6.52. The Balaban J connectivity index is 2.06. The number of benzene rings is 1. The molecule has 0 radical (unpaired) electrons. The lowest BCUT2D eigenvalue weighted by molar-refractivity contribution is -0.149. The molecule has 0 bridgehead atoms. The predicted molar refractivity (Wildman–Crippen MR) is 84.1 cm³/mol. The van der Waals surface area contributed by atoms with Crippen LogP contribution in [-0.2, 0) is 34.5 Å². The van der Waals surface area contributed by atoms with E-state index in [0.29, 0.717) is 13.0 Å². The zero-order valence-electron chi connectivity index (χ0n) is 13.2. The summed E-state index contributed by atoms with van der Waals surface area (Å²) < 4.78 is 22.4. The lowest BCUT2D eigenvalue weighted by Gasteiger charge is -2.37. The SMILES string of the molecule is CCC1(CC(=O)O)OCCc2c1n1c3c(c(F)ccc23)CCC1. The molecule has 0 saturated heterocycles. The number of aliphatic carboxylic acids is 1. The number of halogens is 1. The second-order valence-electron chi connectivity index (χ2n) is 6.52. The van der Waals surface area contributed by atoms with E-state index in [4.69, 9.17) is 4.74 Å². The molecule has 23 heavy (non-hydrogen) atoms. The zero-order valence-corrected chi connectivity index (χ0v) is 13.2. The standard InChI is InChI=1S/C18H20FNO3/c1-2-18(10-15(21)22)17-12(7-9-23-18)11-5-6-14(19)13-4-3-8-20(17)16(11)13/h5-6H,2-4,7-10H2,1H3,(H,21,22). The van der Waals surface area contributed by atoms with Crippen molar-refractivity contribution in [3.63, 3.8) is 0 Å². The Bertz CT molecular complexity index is 810. The summed E-state index contributed by atoms with van der Waals surface area (Å²) in [6.07, 6.45) is 2.92. The van der Waals surface area contributed by atoms with Gasteiger partial charge in [-0.25, -0.2) is 4.39 Å². The van der Waals surface area contributed by atoms with Gasteiger partial charge in [0.2, 0.25) is 0 Å². The molecule has 4 nitrogen and oxygen atoms in total. The van der Waals surface area contributed by atoms with Gasteiger partial charge in [-0.3, -0.25) is 4.79 Å². The van der Waals surface area contributed by atoms with Gasteiger partial charge in [0, 0.05) is 17.5 Å². The Morgan fingerprint density at radius 3 is 2.96 bits per heavy atom. The summed E-state index contributed by atoms with van der Waals surface area (Å²) in [7, 11) is 0. The predicted octanol–water partition coefficient (Wildman–Crippen LogP) is 3.38. The number of ether oxygens (including phenoxy) is 1. The molecular weight excluding hydrogens is 297 g/mol. The van der Waals surface area contributed by atoms with Gasteiger partial charge in [-0.2, -0.15) is 0 Å². The molecule has 3 heterocycles.